The monoisotopic (exact) mass is 405 g/mol. The summed E-state index contributed by atoms with van der Waals surface area (Å²) in [5.41, 5.74) is 1.03. The van der Waals surface area contributed by atoms with Gasteiger partial charge in [-0.25, -0.2) is 4.98 Å². The summed E-state index contributed by atoms with van der Waals surface area (Å²) in [4.78, 5) is 32.3. The number of piperidine rings is 1. The molecule has 2 amide bonds. The molecule has 0 spiro atoms. The Morgan fingerprint density at radius 1 is 1.30 bits per heavy atom. The number of thiazole rings is 1. The molecule has 1 N–H and O–H groups in total. The molecule has 3 heterocycles. The molecule has 1 saturated heterocycles. The largest absolute Gasteiger partial charge is 0.355 e. The van der Waals surface area contributed by atoms with Gasteiger partial charge in [0.2, 0.25) is 11.8 Å². The molecule has 0 radical (unpaired) electrons. The van der Waals surface area contributed by atoms with Crippen molar-refractivity contribution in [2.45, 2.75) is 39.5 Å². The summed E-state index contributed by atoms with van der Waals surface area (Å²) in [7, 11) is 0. The average molecular weight is 406 g/mol. The van der Waals surface area contributed by atoms with E-state index in [1.807, 2.05) is 11.0 Å². The maximum Gasteiger partial charge on any atom is 0.223 e. The zero-order valence-corrected chi connectivity index (χ0v) is 17.6. The van der Waals surface area contributed by atoms with Gasteiger partial charge in [0.25, 0.3) is 0 Å². The molecular formula is C20H27N3O2S2. The number of aromatic nitrogens is 1. The van der Waals surface area contributed by atoms with Crippen LogP contribution in [0, 0.1) is 11.8 Å². The molecule has 146 valence electrons. The van der Waals surface area contributed by atoms with Gasteiger partial charge in [-0.3, -0.25) is 9.59 Å². The van der Waals surface area contributed by atoms with Gasteiger partial charge < -0.3 is 10.2 Å². The van der Waals surface area contributed by atoms with Crippen LogP contribution in [0.1, 0.15) is 38.8 Å². The van der Waals surface area contributed by atoms with Crippen molar-refractivity contribution < 1.29 is 9.59 Å². The Morgan fingerprint density at radius 3 is 2.74 bits per heavy atom. The number of carbonyl (C=O) groups excluding carboxylic acids is 2. The third kappa shape index (κ3) is 5.62. The number of thiophene rings is 1. The highest BCUT2D eigenvalue weighted by Gasteiger charge is 2.27. The molecule has 0 unspecified atom stereocenters. The molecule has 2 aromatic heterocycles. The van der Waals surface area contributed by atoms with Crippen LogP contribution in [0.25, 0.3) is 9.88 Å². The van der Waals surface area contributed by atoms with Crippen LogP contribution in [0.3, 0.4) is 0 Å². The summed E-state index contributed by atoms with van der Waals surface area (Å²) >= 11 is 3.34. The Balaban J connectivity index is 1.38. The van der Waals surface area contributed by atoms with E-state index in [0.717, 1.165) is 30.0 Å². The third-order valence-electron chi connectivity index (χ3n) is 4.77. The smallest absolute Gasteiger partial charge is 0.223 e. The molecule has 0 atom stereocenters. The Bertz CT molecular complexity index is 747. The van der Waals surface area contributed by atoms with Crippen LogP contribution in [-0.2, 0) is 16.0 Å². The summed E-state index contributed by atoms with van der Waals surface area (Å²) in [6.45, 7) is 6.12. The van der Waals surface area contributed by atoms with Gasteiger partial charge in [0.1, 0.15) is 5.01 Å². The van der Waals surface area contributed by atoms with Gasteiger partial charge in [0, 0.05) is 43.8 Å². The number of hydrogen-bond donors (Lipinski definition) is 1. The van der Waals surface area contributed by atoms with Gasteiger partial charge in [-0.1, -0.05) is 19.9 Å². The van der Waals surface area contributed by atoms with Crippen molar-refractivity contribution in [3.8, 4) is 9.88 Å². The van der Waals surface area contributed by atoms with Crippen molar-refractivity contribution in [2.24, 2.45) is 11.8 Å². The minimum atomic E-state index is 0.0187. The molecule has 1 aliphatic heterocycles. The Labute approximate surface area is 168 Å². The second kappa shape index (κ2) is 9.46. The van der Waals surface area contributed by atoms with E-state index in [-0.39, 0.29) is 17.7 Å². The number of carbonyl (C=O) groups is 2. The number of rotatable bonds is 7. The summed E-state index contributed by atoms with van der Waals surface area (Å²) in [5.74, 6) is 0.725. The highest BCUT2D eigenvalue weighted by Crippen LogP contribution is 2.27. The Hall–Kier alpha value is -1.73. The van der Waals surface area contributed by atoms with E-state index in [1.54, 1.807) is 22.7 Å². The number of amides is 2. The van der Waals surface area contributed by atoms with Gasteiger partial charge in [-0.15, -0.1) is 22.7 Å². The second-order valence-electron chi connectivity index (χ2n) is 7.42. The van der Waals surface area contributed by atoms with E-state index >= 15 is 0 Å². The van der Waals surface area contributed by atoms with E-state index in [4.69, 9.17) is 0 Å². The fourth-order valence-electron chi connectivity index (χ4n) is 3.26. The predicted octanol–water partition coefficient (Wildman–Crippen LogP) is 3.82. The molecule has 0 aromatic carbocycles. The van der Waals surface area contributed by atoms with Crippen molar-refractivity contribution in [3.05, 3.63) is 28.6 Å². The maximum atomic E-state index is 12.4. The first-order chi connectivity index (χ1) is 13.0. The molecule has 0 bridgehead atoms. The SMILES string of the molecule is CC(C)CC(=O)N1CCC(C(=O)NCCc2csc(-c3cccs3)n2)CC1. The Morgan fingerprint density at radius 2 is 2.07 bits per heavy atom. The van der Waals surface area contributed by atoms with E-state index < -0.39 is 0 Å². The van der Waals surface area contributed by atoms with Crippen molar-refractivity contribution in [2.75, 3.05) is 19.6 Å². The molecular weight excluding hydrogens is 378 g/mol. The molecule has 27 heavy (non-hydrogen) atoms. The van der Waals surface area contributed by atoms with Gasteiger partial charge >= 0.3 is 0 Å². The van der Waals surface area contributed by atoms with Crippen LogP contribution in [0.2, 0.25) is 0 Å². The summed E-state index contributed by atoms with van der Waals surface area (Å²) in [6, 6.07) is 4.11. The Kier molecular flexibility index (Phi) is 7.01. The quantitative estimate of drug-likeness (QED) is 0.762. The molecule has 0 aliphatic carbocycles. The standard InChI is InChI=1S/C20H27N3O2S2/c1-14(2)12-18(24)23-9-6-15(7-10-23)19(25)21-8-5-16-13-27-20(22-16)17-4-3-11-26-17/h3-4,11,13-15H,5-10,12H2,1-2H3,(H,21,25). The molecule has 3 rings (SSSR count). The van der Waals surface area contributed by atoms with Crippen LogP contribution >= 0.6 is 22.7 Å². The van der Waals surface area contributed by atoms with Crippen molar-refractivity contribution in [1.82, 2.24) is 15.2 Å². The minimum absolute atomic E-state index is 0.0187. The number of likely N-dealkylation sites (tertiary alicyclic amines) is 1. The van der Waals surface area contributed by atoms with Gasteiger partial charge in [0.15, 0.2) is 0 Å². The topological polar surface area (TPSA) is 62.3 Å². The molecule has 2 aromatic rings. The van der Waals surface area contributed by atoms with E-state index in [0.29, 0.717) is 32.0 Å². The highest BCUT2D eigenvalue weighted by atomic mass is 32.1. The number of nitrogens with one attached hydrogen (secondary N) is 1. The highest BCUT2D eigenvalue weighted by molar-refractivity contribution is 7.20. The lowest BCUT2D eigenvalue weighted by atomic mass is 9.95. The fourth-order valence-corrected chi connectivity index (χ4v) is 4.93. The molecule has 7 heteroatoms. The van der Waals surface area contributed by atoms with Crippen molar-refractivity contribution >= 4 is 34.5 Å². The van der Waals surface area contributed by atoms with E-state index in [1.165, 1.54) is 4.88 Å². The second-order valence-corrected chi connectivity index (χ2v) is 9.22. The third-order valence-corrected chi connectivity index (χ3v) is 6.70. The zero-order chi connectivity index (χ0) is 19.2. The number of hydrogen-bond acceptors (Lipinski definition) is 5. The van der Waals surface area contributed by atoms with Gasteiger partial charge in [-0.05, 0) is 30.2 Å². The van der Waals surface area contributed by atoms with Crippen LogP contribution in [0.15, 0.2) is 22.9 Å². The first-order valence-electron chi connectivity index (χ1n) is 9.56. The van der Waals surface area contributed by atoms with E-state index in [2.05, 4.69) is 41.0 Å². The molecule has 0 saturated carbocycles. The van der Waals surface area contributed by atoms with Gasteiger partial charge in [-0.2, -0.15) is 0 Å². The minimum Gasteiger partial charge on any atom is -0.355 e. The van der Waals surface area contributed by atoms with Crippen LogP contribution < -0.4 is 5.32 Å². The molecule has 1 fully saturated rings. The van der Waals surface area contributed by atoms with Crippen LogP contribution in [-0.4, -0.2) is 41.3 Å². The molecule has 1 aliphatic rings. The summed E-state index contributed by atoms with van der Waals surface area (Å²) < 4.78 is 0. The average Bonchev–Trinajstić information content (AvgIpc) is 3.32. The lowest BCUT2D eigenvalue weighted by Gasteiger charge is -2.31. The fraction of sp³-hybridized carbons (Fsp3) is 0.550. The van der Waals surface area contributed by atoms with Gasteiger partial charge in [0.05, 0.1) is 10.6 Å². The maximum absolute atomic E-state index is 12.4. The lowest BCUT2D eigenvalue weighted by molar-refractivity contribution is -0.136. The summed E-state index contributed by atoms with van der Waals surface area (Å²) in [6.07, 6.45) is 2.86. The normalized spacial score (nSPS) is 15.3. The first-order valence-corrected chi connectivity index (χ1v) is 11.3. The van der Waals surface area contributed by atoms with Crippen LogP contribution in [0.4, 0.5) is 0 Å². The first kappa shape index (κ1) is 20.0. The van der Waals surface area contributed by atoms with Crippen molar-refractivity contribution in [3.63, 3.8) is 0 Å². The summed E-state index contributed by atoms with van der Waals surface area (Å²) in [5, 5.41) is 8.22. The number of nitrogens with zero attached hydrogens (tertiary/aromatic N) is 2. The molecule has 5 nitrogen and oxygen atoms in total. The van der Waals surface area contributed by atoms with Crippen molar-refractivity contribution in [1.29, 1.82) is 0 Å². The predicted molar refractivity (Wildman–Crippen MR) is 111 cm³/mol. The van der Waals surface area contributed by atoms with E-state index in [9.17, 15) is 9.59 Å². The lowest BCUT2D eigenvalue weighted by Crippen LogP contribution is -2.43. The zero-order valence-electron chi connectivity index (χ0n) is 15.9. The van der Waals surface area contributed by atoms with Crippen LogP contribution in [0.5, 0.6) is 0 Å².